The summed E-state index contributed by atoms with van der Waals surface area (Å²) in [5.41, 5.74) is 1.52. The van der Waals surface area contributed by atoms with Crippen molar-refractivity contribution in [2.24, 2.45) is 0 Å². The van der Waals surface area contributed by atoms with Crippen LogP contribution < -0.4 is 5.32 Å². The molecule has 1 fully saturated rings. The molecule has 3 aromatic rings. The molecule has 0 aliphatic carbocycles. The SMILES string of the molecule is O=C(CN1C(=O)S/C(=C\c2ccc(F)cc2)C1=O)Nc1ncc(Cc2ccccc2Cl)s1. The molecule has 1 aromatic heterocycles. The van der Waals surface area contributed by atoms with Crippen LogP contribution >= 0.6 is 34.7 Å². The van der Waals surface area contributed by atoms with Crippen molar-refractivity contribution >= 4 is 63.0 Å². The molecule has 0 unspecified atom stereocenters. The van der Waals surface area contributed by atoms with Gasteiger partial charge in [-0.15, -0.1) is 11.3 Å². The number of halogens is 2. The first-order valence-corrected chi connectivity index (χ1v) is 11.4. The zero-order valence-electron chi connectivity index (χ0n) is 16.4. The van der Waals surface area contributed by atoms with Gasteiger partial charge in [-0.3, -0.25) is 19.3 Å². The molecule has 0 saturated carbocycles. The summed E-state index contributed by atoms with van der Waals surface area (Å²) in [5, 5.41) is 3.09. The van der Waals surface area contributed by atoms with Crippen LogP contribution in [0.1, 0.15) is 16.0 Å². The van der Waals surface area contributed by atoms with Crippen LogP contribution in [0, 0.1) is 5.82 Å². The Morgan fingerprint density at radius 1 is 1.16 bits per heavy atom. The van der Waals surface area contributed by atoms with Gasteiger partial charge in [0.2, 0.25) is 5.91 Å². The number of hydrogen-bond donors (Lipinski definition) is 1. The maximum absolute atomic E-state index is 13.0. The number of rotatable bonds is 6. The van der Waals surface area contributed by atoms with Crippen molar-refractivity contribution in [2.45, 2.75) is 6.42 Å². The van der Waals surface area contributed by atoms with Gasteiger partial charge in [-0.2, -0.15) is 0 Å². The quantitative estimate of drug-likeness (QED) is 0.483. The number of nitrogens with zero attached hydrogens (tertiary/aromatic N) is 2. The lowest BCUT2D eigenvalue weighted by Crippen LogP contribution is -2.36. The monoisotopic (exact) mass is 487 g/mol. The van der Waals surface area contributed by atoms with E-state index in [1.807, 2.05) is 24.3 Å². The highest BCUT2D eigenvalue weighted by Gasteiger charge is 2.36. The van der Waals surface area contributed by atoms with E-state index in [4.69, 9.17) is 11.6 Å². The van der Waals surface area contributed by atoms with E-state index in [1.54, 1.807) is 6.20 Å². The summed E-state index contributed by atoms with van der Waals surface area (Å²) in [4.78, 5) is 43.3. The Kier molecular flexibility index (Phi) is 6.69. The summed E-state index contributed by atoms with van der Waals surface area (Å²) in [5.74, 6) is -1.50. The van der Waals surface area contributed by atoms with Gasteiger partial charge in [0.1, 0.15) is 12.4 Å². The fourth-order valence-electron chi connectivity index (χ4n) is 2.93. The van der Waals surface area contributed by atoms with Gasteiger partial charge in [-0.05, 0) is 47.2 Å². The minimum absolute atomic E-state index is 0.172. The van der Waals surface area contributed by atoms with Crippen LogP contribution in [0.4, 0.5) is 14.3 Å². The number of hydrogen-bond acceptors (Lipinski definition) is 6. The Hall–Kier alpha value is -3.01. The van der Waals surface area contributed by atoms with Gasteiger partial charge in [0.15, 0.2) is 5.13 Å². The van der Waals surface area contributed by atoms with Crippen molar-refractivity contribution in [3.05, 3.63) is 86.5 Å². The molecule has 1 saturated heterocycles. The van der Waals surface area contributed by atoms with Crippen LogP contribution in [0.5, 0.6) is 0 Å². The van der Waals surface area contributed by atoms with Crippen LogP contribution in [-0.2, 0) is 16.0 Å². The number of anilines is 1. The first-order chi connectivity index (χ1) is 15.4. The molecule has 4 rings (SSSR count). The minimum Gasteiger partial charge on any atom is -0.300 e. The zero-order chi connectivity index (χ0) is 22.7. The number of aromatic nitrogens is 1. The van der Waals surface area contributed by atoms with E-state index >= 15 is 0 Å². The molecule has 6 nitrogen and oxygen atoms in total. The lowest BCUT2D eigenvalue weighted by Gasteiger charge is -2.11. The second-order valence-electron chi connectivity index (χ2n) is 6.77. The fraction of sp³-hybridized carbons (Fsp3) is 0.0909. The molecule has 0 bridgehead atoms. The summed E-state index contributed by atoms with van der Waals surface area (Å²) >= 11 is 8.20. The second-order valence-corrected chi connectivity index (χ2v) is 9.28. The van der Waals surface area contributed by atoms with Gasteiger partial charge in [-0.1, -0.05) is 41.9 Å². The van der Waals surface area contributed by atoms with E-state index in [0.717, 1.165) is 27.1 Å². The van der Waals surface area contributed by atoms with Gasteiger partial charge in [0.05, 0.1) is 4.91 Å². The molecule has 10 heteroatoms. The zero-order valence-corrected chi connectivity index (χ0v) is 18.8. The van der Waals surface area contributed by atoms with Crippen molar-refractivity contribution in [1.29, 1.82) is 0 Å². The molecule has 2 aromatic carbocycles. The smallest absolute Gasteiger partial charge is 0.294 e. The predicted octanol–water partition coefficient (Wildman–Crippen LogP) is 5.20. The molecule has 3 amide bonds. The third-order valence-corrected chi connectivity index (χ3v) is 6.65. The van der Waals surface area contributed by atoms with Crippen LogP contribution in [0.3, 0.4) is 0 Å². The van der Waals surface area contributed by atoms with E-state index in [9.17, 15) is 18.8 Å². The summed E-state index contributed by atoms with van der Waals surface area (Å²) < 4.78 is 13.0. The van der Waals surface area contributed by atoms with Gasteiger partial charge in [-0.25, -0.2) is 9.37 Å². The number of nitrogens with one attached hydrogen (secondary N) is 1. The normalized spacial score (nSPS) is 14.9. The third-order valence-electron chi connectivity index (χ3n) is 4.47. The van der Waals surface area contributed by atoms with Crippen molar-refractivity contribution in [3.63, 3.8) is 0 Å². The molecule has 32 heavy (non-hydrogen) atoms. The Labute approximate surface area is 196 Å². The van der Waals surface area contributed by atoms with Crippen molar-refractivity contribution in [2.75, 3.05) is 11.9 Å². The molecule has 162 valence electrons. The number of carbonyl (C=O) groups excluding carboxylic acids is 3. The number of thioether (sulfide) groups is 1. The van der Waals surface area contributed by atoms with Crippen LogP contribution in [0.2, 0.25) is 5.02 Å². The maximum atomic E-state index is 13.0. The minimum atomic E-state index is -0.571. The molecule has 2 heterocycles. The van der Waals surface area contributed by atoms with E-state index in [-0.39, 0.29) is 4.91 Å². The molecular weight excluding hydrogens is 473 g/mol. The summed E-state index contributed by atoms with van der Waals surface area (Å²) in [6, 6.07) is 13.0. The van der Waals surface area contributed by atoms with Gasteiger partial charge >= 0.3 is 0 Å². The molecule has 0 spiro atoms. The lowest BCUT2D eigenvalue weighted by molar-refractivity contribution is -0.127. The average molecular weight is 488 g/mol. The fourth-order valence-corrected chi connectivity index (χ4v) is 4.82. The average Bonchev–Trinajstić information content (AvgIpc) is 3.30. The maximum Gasteiger partial charge on any atom is 0.294 e. The highest BCUT2D eigenvalue weighted by Crippen LogP contribution is 2.32. The highest BCUT2D eigenvalue weighted by molar-refractivity contribution is 8.18. The highest BCUT2D eigenvalue weighted by atomic mass is 35.5. The summed E-state index contributed by atoms with van der Waals surface area (Å²) in [6.45, 7) is -0.426. The van der Waals surface area contributed by atoms with Gasteiger partial charge < -0.3 is 5.32 Å². The Balaban J connectivity index is 1.37. The third kappa shape index (κ3) is 5.24. The van der Waals surface area contributed by atoms with Crippen molar-refractivity contribution in [3.8, 4) is 0 Å². The van der Waals surface area contributed by atoms with Gasteiger partial charge in [0.25, 0.3) is 11.1 Å². The Bertz CT molecular complexity index is 1230. The number of imide groups is 1. The number of benzene rings is 2. The number of thiazole rings is 1. The van der Waals surface area contributed by atoms with E-state index in [2.05, 4.69) is 10.3 Å². The molecule has 1 N–H and O–H groups in total. The van der Waals surface area contributed by atoms with E-state index < -0.39 is 29.4 Å². The molecule has 0 radical (unpaired) electrons. The van der Waals surface area contributed by atoms with Crippen molar-refractivity contribution in [1.82, 2.24) is 9.88 Å². The molecular formula is C22H15ClFN3O3S2. The summed E-state index contributed by atoms with van der Waals surface area (Å²) in [6.07, 6.45) is 3.71. The second kappa shape index (κ2) is 9.64. The standard InChI is InChI=1S/C22H15ClFN3O3S2/c23-17-4-2-1-3-14(17)10-16-11-25-21(31-16)26-19(28)12-27-20(29)18(32-22(27)30)9-13-5-7-15(24)8-6-13/h1-9,11H,10,12H2,(H,25,26,28)/b18-9-. The Morgan fingerprint density at radius 2 is 1.91 bits per heavy atom. The summed E-state index contributed by atoms with van der Waals surface area (Å²) in [7, 11) is 0. The molecule has 0 atom stereocenters. The number of carbonyl (C=O) groups is 3. The first-order valence-electron chi connectivity index (χ1n) is 9.38. The van der Waals surface area contributed by atoms with E-state index in [0.29, 0.717) is 22.1 Å². The topological polar surface area (TPSA) is 79.4 Å². The van der Waals surface area contributed by atoms with Crippen LogP contribution in [0.15, 0.2) is 59.6 Å². The largest absolute Gasteiger partial charge is 0.300 e. The first kappa shape index (κ1) is 22.2. The predicted molar refractivity (Wildman–Crippen MR) is 124 cm³/mol. The van der Waals surface area contributed by atoms with Gasteiger partial charge in [0, 0.05) is 22.5 Å². The molecule has 1 aliphatic heterocycles. The van der Waals surface area contributed by atoms with E-state index in [1.165, 1.54) is 41.7 Å². The van der Waals surface area contributed by atoms with Crippen LogP contribution in [-0.4, -0.2) is 33.5 Å². The Morgan fingerprint density at radius 3 is 2.66 bits per heavy atom. The molecule has 1 aliphatic rings. The number of amides is 3. The van der Waals surface area contributed by atoms with Crippen LogP contribution in [0.25, 0.3) is 6.08 Å². The lowest BCUT2D eigenvalue weighted by atomic mass is 10.1. The van der Waals surface area contributed by atoms with Crippen molar-refractivity contribution < 1.29 is 18.8 Å².